The van der Waals surface area contributed by atoms with E-state index in [0.29, 0.717) is 17.8 Å². The summed E-state index contributed by atoms with van der Waals surface area (Å²) in [4.78, 5) is 25.0. The van der Waals surface area contributed by atoms with Crippen LogP contribution in [0.5, 0.6) is 0 Å². The number of hydrogen-bond acceptors (Lipinski definition) is 3. The van der Waals surface area contributed by atoms with Gasteiger partial charge >= 0.3 is 0 Å². The average molecular weight is 493 g/mol. The molecule has 1 heterocycles. The molecule has 1 aromatic carbocycles. The lowest BCUT2D eigenvalue weighted by Crippen LogP contribution is -2.32. The van der Waals surface area contributed by atoms with Gasteiger partial charge in [-0.3, -0.25) is 9.59 Å². The fraction of sp³-hybridized carbons (Fsp3) is 0.321. The van der Waals surface area contributed by atoms with Crippen LogP contribution in [0.25, 0.3) is 23.1 Å². The molecule has 0 bridgehead atoms. The topological polar surface area (TPSA) is 86.9 Å². The molecule has 0 fully saturated rings. The van der Waals surface area contributed by atoms with Crippen LogP contribution >= 0.6 is 11.6 Å². The fourth-order valence-corrected chi connectivity index (χ4v) is 4.00. The number of nitriles is 1. The zero-order valence-electron chi connectivity index (χ0n) is 20.6. The maximum absolute atomic E-state index is 12.7. The summed E-state index contributed by atoms with van der Waals surface area (Å²) in [5.74, 6) is -0.554. The van der Waals surface area contributed by atoms with Crippen LogP contribution in [-0.4, -0.2) is 22.3 Å². The van der Waals surface area contributed by atoms with Crippen LogP contribution in [0.3, 0.4) is 0 Å². The molecule has 1 aromatic heterocycles. The van der Waals surface area contributed by atoms with Crippen molar-refractivity contribution in [2.24, 2.45) is 5.92 Å². The van der Waals surface area contributed by atoms with Crippen molar-refractivity contribution in [1.29, 1.82) is 5.26 Å². The van der Waals surface area contributed by atoms with Gasteiger partial charge in [0.2, 0.25) is 11.8 Å². The molecule has 0 aliphatic rings. The predicted octanol–water partition coefficient (Wildman–Crippen LogP) is 4.00. The van der Waals surface area contributed by atoms with Gasteiger partial charge in [0, 0.05) is 57.6 Å². The first-order chi connectivity index (χ1) is 16.9. The number of amides is 2. The number of fused-ring (bicyclic) bond motifs is 1. The van der Waals surface area contributed by atoms with Crippen LogP contribution in [-0.2, 0) is 16.1 Å². The molecule has 0 radical (unpaired) electrons. The van der Waals surface area contributed by atoms with Crippen LogP contribution in [0.1, 0.15) is 40.0 Å². The summed E-state index contributed by atoms with van der Waals surface area (Å²) in [5.41, 5.74) is 2.18. The lowest BCUT2D eigenvalue weighted by molar-refractivity contribution is -0.124. The van der Waals surface area contributed by atoms with Crippen LogP contribution in [0, 0.1) is 17.2 Å². The Labute approximate surface area is 212 Å². The molecule has 184 valence electrons. The van der Waals surface area contributed by atoms with E-state index in [1.807, 2.05) is 31.2 Å². The van der Waals surface area contributed by atoms with E-state index in [0.717, 1.165) is 28.0 Å². The zero-order chi connectivity index (χ0) is 25.8. The Morgan fingerprint density at radius 2 is 2.03 bits per heavy atom. The second kappa shape index (κ2) is 14.0. The largest absolute Gasteiger partial charge is 0.341 e. The lowest BCUT2D eigenvalue weighted by atomic mass is 10.0. The van der Waals surface area contributed by atoms with Crippen LogP contribution in [0.4, 0.5) is 0 Å². The number of carbonyl (C=O) groups is 2. The fourth-order valence-electron chi connectivity index (χ4n) is 3.83. The number of rotatable bonds is 11. The number of halogens is 1. The molecular formula is C28H33ClN4O2. The number of hydrogen-bond donors (Lipinski definition) is 2. The van der Waals surface area contributed by atoms with Crippen LogP contribution in [0.2, 0.25) is 0 Å². The van der Waals surface area contributed by atoms with Crippen molar-refractivity contribution in [2.45, 2.75) is 46.6 Å². The Hall–Kier alpha value is -3.56. The third-order valence-electron chi connectivity index (χ3n) is 5.58. The van der Waals surface area contributed by atoms with E-state index < -0.39 is 0 Å². The summed E-state index contributed by atoms with van der Waals surface area (Å²) < 4.78 is 2.24. The zero-order valence-corrected chi connectivity index (χ0v) is 21.4. The summed E-state index contributed by atoms with van der Waals surface area (Å²) in [6, 6.07) is 10.2. The molecule has 35 heavy (non-hydrogen) atoms. The van der Waals surface area contributed by atoms with Gasteiger partial charge in [0.15, 0.2) is 0 Å². The van der Waals surface area contributed by atoms with Gasteiger partial charge in [0.1, 0.15) is 0 Å². The van der Waals surface area contributed by atoms with E-state index in [9.17, 15) is 9.59 Å². The Kier molecular flexibility index (Phi) is 11.1. The Balaban J connectivity index is 2.04. The summed E-state index contributed by atoms with van der Waals surface area (Å²) in [5, 5.41) is 17.5. The van der Waals surface area contributed by atoms with Gasteiger partial charge in [-0.25, -0.2) is 0 Å². The maximum Gasteiger partial charge on any atom is 0.227 e. The van der Waals surface area contributed by atoms with E-state index in [2.05, 4.69) is 46.9 Å². The first-order valence-electron chi connectivity index (χ1n) is 11.7. The molecular weight excluding hydrogens is 460 g/mol. The molecule has 2 amide bonds. The number of para-hydroxylation sites is 1. The van der Waals surface area contributed by atoms with E-state index in [1.54, 1.807) is 25.2 Å². The Bertz CT molecular complexity index is 1290. The van der Waals surface area contributed by atoms with E-state index in [1.165, 1.54) is 0 Å². The lowest BCUT2D eigenvalue weighted by Gasteiger charge is -2.12. The Morgan fingerprint density at radius 1 is 1.29 bits per heavy atom. The van der Waals surface area contributed by atoms with E-state index in [-0.39, 0.29) is 36.5 Å². The standard InChI is InChI=1S/C28H33ClN4O2/c1-5-25-24(23-12-7-8-13-26(23)33(25)6-2)19-21(4)31-28(35)20(3)14-15-27(34)32-22(16-17-29)11-9-10-18-30/h5,7-9,11-13,16,19-20H,4,6,10,14-15,17H2,1-3H3,(H,31,35)(H,32,34)/b11-9-,22-16+,24-19-,25-5+. The SMILES string of the molecule is C=C(/C=c1\c(=C/C)n(CC)c2ccccc12)NC(=O)C(C)CCC(=O)NC(/C=C\CC#N)=C/CCl. The number of nitrogens with zero attached hydrogens (tertiary/aromatic N) is 2. The predicted molar refractivity (Wildman–Crippen MR) is 143 cm³/mol. The minimum atomic E-state index is -0.380. The van der Waals surface area contributed by atoms with Crippen LogP contribution < -0.4 is 21.2 Å². The number of aryl methyl sites for hydroxylation is 1. The monoisotopic (exact) mass is 492 g/mol. The third kappa shape index (κ3) is 7.73. The molecule has 2 N–H and O–H groups in total. The number of benzene rings is 1. The first-order valence-corrected chi connectivity index (χ1v) is 12.2. The normalized spacial score (nSPS) is 13.7. The van der Waals surface area contributed by atoms with Crippen molar-refractivity contribution in [3.8, 4) is 6.07 Å². The van der Waals surface area contributed by atoms with Crippen molar-refractivity contribution in [1.82, 2.24) is 15.2 Å². The van der Waals surface area contributed by atoms with E-state index >= 15 is 0 Å². The average Bonchev–Trinajstić information content (AvgIpc) is 3.14. The van der Waals surface area contributed by atoms with Crippen molar-refractivity contribution in [3.05, 3.63) is 71.0 Å². The minimum absolute atomic E-state index is 0.176. The van der Waals surface area contributed by atoms with Gasteiger partial charge in [-0.05, 0) is 44.6 Å². The van der Waals surface area contributed by atoms with Gasteiger partial charge in [-0.2, -0.15) is 5.26 Å². The van der Waals surface area contributed by atoms with Crippen molar-refractivity contribution in [3.63, 3.8) is 0 Å². The smallest absolute Gasteiger partial charge is 0.227 e. The second-order valence-electron chi connectivity index (χ2n) is 8.07. The van der Waals surface area contributed by atoms with Gasteiger partial charge < -0.3 is 15.2 Å². The van der Waals surface area contributed by atoms with Gasteiger partial charge in [0.05, 0.1) is 12.5 Å². The minimum Gasteiger partial charge on any atom is -0.341 e. The summed E-state index contributed by atoms with van der Waals surface area (Å²) in [6.07, 6.45) is 9.71. The van der Waals surface area contributed by atoms with Gasteiger partial charge in [-0.1, -0.05) is 43.9 Å². The molecule has 2 aromatic rings. The third-order valence-corrected chi connectivity index (χ3v) is 5.74. The molecule has 0 aliphatic carbocycles. The highest BCUT2D eigenvalue weighted by Gasteiger charge is 2.15. The number of allylic oxidation sites excluding steroid dienone is 4. The van der Waals surface area contributed by atoms with E-state index in [4.69, 9.17) is 16.9 Å². The molecule has 0 saturated heterocycles. The maximum atomic E-state index is 12.7. The Morgan fingerprint density at radius 3 is 2.69 bits per heavy atom. The number of nitrogens with one attached hydrogen (secondary N) is 2. The second-order valence-corrected chi connectivity index (χ2v) is 8.38. The summed E-state index contributed by atoms with van der Waals surface area (Å²) >= 11 is 5.73. The molecule has 7 heteroatoms. The molecule has 0 saturated carbocycles. The molecule has 1 atom stereocenters. The highest BCUT2D eigenvalue weighted by Crippen LogP contribution is 2.10. The van der Waals surface area contributed by atoms with Crippen molar-refractivity contribution < 1.29 is 9.59 Å². The van der Waals surface area contributed by atoms with Crippen molar-refractivity contribution in [2.75, 3.05) is 5.88 Å². The quantitative estimate of drug-likeness (QED) is 0.367. The first kappa shape index (κ1) is 27.7. The summed E-state index contributed by atoms with van der Waals surface area (Å²) in [7, 11) is 0. The number of carbonyl (C=O) groups excluding carboxylic acids is 2. The molecule has 0 aliphatic heterocycles. The van der Waals surface area contributed by atoms with Gasteiger partial charge in [0.25, 0.3) is 0 Å². The molecule has 6 nitrogen and oxygen atoms in total. The van der Waals surface area contributed by atoms with Crippen LogP contribution in [0.15, 0.2) is 60.5 Å². The molecule has 1 unspecified atom stereocenters. The molecule has 2 rings (SSSR count). The van der Waals surface area contributed by atoms with Crippen molar-refractivity contribution >= 4 is 46.5 Å². The summed E-state index contributed by atoms with van der Waals surface area (Å²) in [6.45, 7) is 10.8. The van der Waals surface area contributed by atoms with Gasteiger partial charge in [-0.15, -0.1) is 11.6 Å². The highest BCUT2D eigenvalue weighted by molar-refractivity contribution is 6.19. The highest BCUT2D eigenvalue weighted by atomic mass is 35.5. The number of aromatic nitrogens is 1. The number of alkyl halides is 1. The molecule has 0 spiro atoms.